The molecule has 1 aromatic carbocycles. The van der Waals surface area contributed by atoms with Crippen molar-refractivity contribution < 1.29 is 14.2 Å². The second-order valence-electron chi connectivity index (χ2n) is 3.92. The van der Waals surface area contributed by atoms with Crippen molar-refractivity contribution in [1.82, 2.24) is 0 Å². The smallest absolute Gasteiger partial charge is 0.137 e. The van der Waals surface area contributed by atoms with E-state index in [-0.39, 0.29) is 12.4 Å². The lowest BCUT2D eigenvalue weighted by molar-refractivity contribution is 0.255. The first-order valence-corrected chi connectivity index (χ1v) is 5.69. The number of aliphatic hydroxyl groups is 1. The molecule has 1 rings (SSSR count). The lowest BCUT2D eigenvalue weighted by Crippen LogP contribution is -2.08. The van der Waals surface area contributed by atoms with Crippen LogP contribution in [0.5, 0.6) is 5.75 Å². The van der Waals surface area contributed by atoms with Crippen LogP contribution in [-0.4, -0.2) is 18.3 Å². The Balaban J connectivity index is 2.83. The quantitative estimate of drug-likeness (QED) is 0.814. The van der Waals surface area contributed by atoms with Gasteiger partial charge in [0.2, 0.25) is 0 Å². The number of halogens is 1. The van der Waals surface area contributed by atoms with Crippen LogP contribution in [-0.2, 0) is 0 Å². The number of ether oxygens (including phenoxy) is 1. The molecule has 0 saturated carbocycles. The molecule has 0 aliphatic rings. The van der Waals surface area contributed by atoms with E-state index in [0.717, 1.165) is 6.42 Å². The van der Waals surface area contributed by atoms with Crippen molar-refractivity contribution in [2.45, 2.75) is 20.3 Å². The minimum absolute atomic E-state index is 0.220. The average Bonchev–Trinajstić information content (AvgIpc) is 2.34. The second kappa shape index (κ2) is 6.93. The molecule has 3 heteroatoms. The van der Waals surface area contributed by atoms with E-state index in [2.05, 4.69) is 25.7 Å². The molecule has 0 bridgehead atoms. The molecule has 1 unspecified atom stereocenters. The lowest BCUT2D eigenvalue weighted by Gasteiger charge is -2.12. The van der Waals surface area contributed by atoms with Gasteiger partial charge < -0.3 is 9.84 Å². The van der Waals surface area contributed by atoms with Gasteiger partial charge in [-0.2, -0.15) is 0 Å². The maximum Gasteiger partial charge on any atom is 0.137 e. The van der Waals surface area contributed by atoms with Crippen LogP contribution in [0.1, 0.15) is 25.8 Å². The number of benzene rings is 1. The third-order valence-corrected chi connectivity index (χ3v) is 2.47. The zero-order chi connectivity index (χ0) is 12.7. The van der Waals surface area contributed by atoms with Crippen molar-refractivity contribution in [1.29, 1.82) is 0 Å². The van der Waals surface area contributed by atoms with Crippen LogP contribution in [0.2, 0.25) is 0 Å². The summed E-state index contributed by atoms with van der Waals surface area (Å²) in [6, 6.07) is 4.21. The second-order valence-corrected chi connectivity index (χ2v) is 3.92. The molecule has 0 saturated heterocycles. The van der Waals surface area contributed by atoms with Crippen LogP contribution in [0.4, 0.5) is 4.39 Å². The van der Waals surface area contributed by atoms with Crippen LogP contribution in [0.15, 0.2) is 18.2 Å². The molecule has 1 aromatic rings. The molecule has 1 atom stereocenters. The van der Waals surface area contributed by atoms with Gasteiger partial charge in [0, 0.05) is 6.07 Å². The molecule has 2 nitrogen and oxygen atoms in total. The van der Waals surface area contributed by atoms with Crippen molar-refractivity contribution in [3.8, 4) is 17.6 Å². The van der Waals surface area contributed by atoms with E-state index in [4.69, 9.17) is 9.84 Å². The Morgan fingerprint density at radius 3 is 2.88 bits per heavy atom. The van der Waals surface area contributed by atoms with Crippen LogP contribution in [0.3, 0.4) is 0 Å². The molecule has 1 N–H and O–H groups in total. The summed E-state index contributed by atoms with van der Waals surface area (Å²) in [5, 5.41) is 8.64. The standard InChI is InChI=1S/C14H17FO2/c1-3-11(2)10-17-14-9-13(15)7-6-12(14)5-4-8-16/h6-7,9,11,16H,3,8,10H2,1-2H3. The SMILES string of the molecule is CCC(C)COc1cc(F)ccc1C#CCO. The Morgan fingerprint density at radius 1 is 1.47 bits per heavy atom. The minimum atomic E-state index is -0.348. The number of hydrogen-bond acceptors (Lipinski definition) is 2. The molecule has 0 spiro atoms. The maximum atomic E-state index is 13.1. The Morgan fingerprint density at radius 2 is 2.24 bits per heavy atom. The molecule has 0 aliphatic heterocycles. The fraction of sp³-hybridized carbons (Fsp3) is 0.429. The molecule has 92 valence electrons. The first-order valence-electron chi connectivity index (χ1n) is 5.69. The van der Waals surface area contributed by atoms with Crippen molar-refractivity contribution in [3.05, 3.63) is 29.6 Å². The largest absolute Gasteiger partial charge is 0.492 e. The monoisotopic (exact) mass is 236 g/mol. The molecule has 0 radical (unpaired) electrons. The van der Waals surface area contributed by atoms with Gasteiger partial charge in [-0.25, -0.2) is 4.39 Å². The molecule has 0 heterocycles. The van der Waals surface area contributed by atoms with Gasteiger partial charge in [-0.1, -0.05) is 32.1 Å². The van der Waals surface area contributed by atoms with Crippen LogP contribution >= 0.6 is 0 Å². The predicted octanol–water partition coefficient (Wildman–Crippen LogP) is 2.59. The Bertz CT molecular complexity index is 418. The third kappa shape index (κ3) is 4.46. The fourth-order valence-corrected chi connectivity index (χ4v) is 1.20. The van der Waals surface area contributed by atoms with E-state index >= 15 is 0 Å². The summed E-state index contributed by atoms with van der Waals surface area (Å²) in [7, 11) is 0. The van der Waals surface area contributed by atoms with E-state index in [1.165, 1.54) is 12.1 Å². The van der Waals surface area contributed by atoms with Crippen molar-refractivity contribution in [2.75, 3.05) is 13.2 Å². The topological polar surface area (TPSA) is 29.5 Å². The molecular formula is C14H17FO2. The number of aliphatic hydroxyl groups excluding tert-OH is 1. The van der Waals surface area contributed by atoms with Crippen LogP contribution in [0, 0.1) is 23.6 Å². The molecule has 17 heavy (non-hydrogen) atoms. The van der Waals surface area contributed by atoms with Crippen molar-refractivity contribution >= 4 is 0 Å². The van der Waals surface area contributed by atoms with Crippen LogP contribution < -0.4 is 4.74 Å². The van der Waals surface area contributed by atoms with Crippen molar-refractivity contribution in [2.24, 2.45) is 5.92 Å². The molecular weight excluding hydrogens is 219 g/mol. The van der Waals surface area contributed by atoms with Crippen molar-refractivity contribution in [3.63, 3.8) is 0 Å². The highest BCUT2D eigenvalue weighted by atomic mass is 19.1. The van der Waals surface area contributed by atoms with Gasteiger partial charge in [0.25, 0.3) is 0 Å². The number of hydrogen-bond donors (Lipinski definition) is 1. The van der Waals surface area contributed by atoms with E-state index in [0.29, 0.717) is 23.8 Å². The van der Waals surface area contributed by atoms with Gasteiger partial charge >= 0.3 is 0 Å². The highest BCUT2D eigenvalue weighted by Crippen LogP contribution is 2.20. The summed E-state index contributed by atoms with van der Waals surface area (Å²) >= 11 is 0. The highest BCUT2D eigenvalue weighted by molar-refractivity contribution is 5.46. The predicted molar refractivity (Wildman–Crippen MR) is 65.3 cm³/mol. The van der Waals surface area contributed by atoms with Gasteiger partial charge in [0.05, 0.1) is 12.2 Å². The Kier molecular flexibility index (Phi) is 5.51. The van der Waals surface area contributed by atoms with Gasteiger partial charge in [0.15, 0.2) is 0 Å². The number of rotatable bonds is 4. The summed E-state index contributed by atoms with van der Waals surface area (Å²) in [5.74, 6) is 5.77. The van der Waals surface area contributed by atoms with Crippen LogP contribution in [0.25, 0.3) is 0 Å². The first kappa shape index (κ1) is 13.5. The van der Waals surface area contributed by atoms with Gasteiger partial charge in [-0.15, -0.1) is 0 Å². The zero-order valence-electron chi connectivity index (χ0n) is 10.2. The summed E-state index contributed by atoms with van der Waals surface area (Å²) in [6.45, 7) is 4.46. The normalized spacial score (nSPS) is 11.5. The Labute approximate surface area is 101 Å². The summed E-state index contributed by atoms with van der Waals surface area (Å²) in [6.07, 6.45) is 1.01. The van der Waals surface area contributed by atoms with E-state index < -0.39 is 0 Å². The lowest BCUT2D eigenvalue weighted by atomic mass is 10.1. The fourth-order valence-electron chi connectivity index (χ4n) is 1.20. The van der Waals surface area contributed by atoms with E-state index in [1.807, 2.05) is 0 Å². The summed E-state index contributed by atoms with van der Waals surface area (Å²) < 4.78 is 18.6. The summed E-state index contributed by atoms with van der Waals surface area (Å²) in [4.78, 5) is 0. The van der Waals surface area contributed by atoms with Gasteiger partial charge in [-0.05, 0) is 18.1 Å². The van der Waals surface area contributed by atoms with E-state index in [9.17, 15) is 4.39 Å². The molecule has 0 fully saturated rings. The maximum absolute atomic E-state index is 13.1. The molecule has 0 amide bonds. The summed E-state index contributed by atoms with van der Waals surface area (Å²) in [5.41, 5.74) is 0.601. The first-order chi connectivity index (χ1) is 8.17. The average molecular weight is 236 g/mol. The zero-order valence-corrected chi connectivity index (χ0v) is 10.2. The highest BCUT2D eigenvalue weighted by Gasteiger charge is 2.06. The van der Waals surface area contributed by atoms with E-state index in [1.54, 1.807) is 6.07 Å². The Hall–Kier alpha value is -1.53. The third-order valence-electron chi connectivity index (χ3n) is 2.47. The molecule has 0 aliphatic carbocycles. The van der Waals surface area contributed by atoms with Gasteiger partial charge in [-0.3, -0.25) is 0 Å². The molecule has 0 aromatic heterocycles. The van der Waals surface area contributed by atoms with Gasteiger partial charge in [0.1, 0.15) is 18.2 Å². The minimum Gasteiger partial charge on any atom is -0.492 e.